The van der Waals surface area contributed by atoms with Gasteiger partial charge in [0.25, 0.3) is 0 Å². The van der Waals surface area contributed by atoms with Crippen LogP contribution in [0, 0.1) is 0 Å². The van der Waals surface area contributed by atoms with E-state index in [1.807, 2.05) is 36.4 Å². The number of imidazole rings is 1. The predicted molar refractivity (Wildman–Crippen MR) is 101 cm³/mol. The van der Waals surface area contributed by atoms with E-state index in [9.17, 15) is 0 Å². The number of benzene rings is 1. The Hall–Kier alpha value is -1.40. The Morgan fingerprint density at radius 1 is 1.08 bits per heavy atom. The molecular weight excluding hydrogens is 388 g/mol. The second kappa shape index (κ2) is 6.84. The third kappa shape index (κ3) is 3.22. The fourth-order valence-corrected chi connectivity index (χ4v) is 3.60. The standard InChI is InChI=1S/C18H18BrClN4/c19-14-3-6-17-22-18(13-1-4-15(20)5-2-13)16(24(17)11-14)12-23-9-7-21-8-10-23/h1-6,11,21H,7-10,12H2. The zero-order chi connectivity index (χ0) is 16.5. The first-order valence-electron chi connectivity index (χ1n) is 8.06. The highest BCUT2D eigenvalue weighted by atomic mass is 79.9. The van der Waals surface area contributed by atoms with Crippen molar-refractivity contribution in [3.63, 3.8) is 0 Å². The number of piperazine rings is 1. The van der Waals surface area contributed by atoms with E-state index in [1.54, 1.807) is 0 Å². The van der Waals surface area contributed by atoms with Crippen molar-refractivity contribution in [2.75, 3.05) is 26.2 Å². The summed E-state index contributed by atoms with van der Waals surface area (Å²) in [5.41, 5.74) is 4.32. The average molecular weight is 406 g/mol. The summed E-state index contributed by atoms with van der Waals surface area (Å²) in [5.74, 6) is 0. The highest BCUT2D eigenvalue weighted by Crippen LogP contribution is 2.28. The van der Waals surface area contributed by atoms with Crippen LogP contribution in [-0.4, -0.2) is 40.5 Å². The van der Waals surface area contributed by atoms with E-state index in [2.05, 4.69) is 36.7 Å². The van der Waals surface area contributed by atoms with Gasteiger partial charge in [0.1, 0.15) is 5.65 Å². The van der Waals surface area contributed by atoms with Crippen molar-refractivity contribution in [2.24, 2.45) is 0 Å². The normalized spacial score (nSPS) is 15.9. The van der Waals surface area contributed by atoms with Gasteiger partial charge in [-0.25, -0.2) is 4.98 Å². The summed E-state index contributed by atoms with van der Waals surface area (Å²) in [6, 6.07) is 12.0. The summed E-state index contributed by atoms with van der Waals surface area (Å²) in [6.07, 6.45) is 2.10. The molecule has 3 heterocycles. The zero-order valence-electron chi connectivity index (χ0n) is 13.2. The van der Waals surface area contributed by atoms with E-state index >= 15 is 0 Å². The van der Waals surface area contributed by atoms with E-state index in [-0.39, 0.29) is 0 Å². The van der Waals surface area contributed by atoms with Gasteiger partial charge in [-0.1, -0.05) is 23.7 Å². The van der Waals surface area contributed by atoms with Crippen LogP contribution < -0.4 is 5.32 Å². The lowest BCUT2D eigenvalue weighted by Gasteiger charge is -2.27. The fraction of sp³-hybridized carbons (Fsp3) is 0.278. The molecule has 0 unspecified atom stereocenters. The number of pyridine rings is 1. The molecule has 0 aliphatic carbocycles. The van der Waals surface area contributed by atoms with Crippen molar-refractivity contribution in [3.8, 4) is 11.3 Å². The molecule has 3 aromatic rings. The largest absolute Gasteiger partial charge is 0.314 e. The van der Waals surface area contributed by atoms with Crippen molar-refractivity contribution in [1.82, 2.24) is 19.6 Å². The monoisotopic (exact) mass is 404 g/mol. The maximum Gasteiger partial charge on any atom is 0.137 e. The Morgan fingerprint density at radius 3 is 2.58 bits per heavy atom. The SMILES string of the molecule is Clc1ccc(-c2nc3ccc(Br)cn3c2CN2CCNCC2)cc1. The number of aromatic nitrogens is 2. The number of fused-ring (bicyclic) bond motifs is 1. The van der Waals surface area contributed by atoms with Crippen LogP contribution in [0.25, 0.3) is 16.9 Å². The molecular formula is C18H18BrClN4. The first-order valence-corrected chi connectivity index (χ1v) is 9.23. The lowest BCUT2D eigenvalue weighted by molar-refractivity contribution is 0.230. The van der Waals surface area contributed by atoms with Crippen LogP contribution in [0.5, 0.6) is 0 Å². The molecule has 0 atom stereocenters. The quantitative estimate of drug-likeness (QED) is 0.719. The van der Waals surface area contributed by atoms with Gasteiger partial charge in [-0.3, -0.25) is 4.90 Å². The van der Waals surface area contributed by atoms with Crippen LogP contribution in [0.3, 0.4) is 0 Å². The molecule has 24 heavy (non-hydrogen) atoms. The topological polar surface area (TPSA) is 32.6 Å². The highest BCUT2D eigenvalue weighted by Gasteiger charge is 2.18. The van der Waals surface area contributed by atoms with E-state index in [0.29, 0.717) is 0 Å². The molecule has 1 aliphatic heterocycles. The molecule has 0 bridgehead atoms. The molecule has 1 fully saturated rings. The first-order chi connectivity index (χ1) is 11.7. The van der Waals surface area contributed by atoms with Crippen molar-refractivity contribution < 1.29 is 0 Å². The Kier molecular flexibility index (Phi) is 4.59. The lowest BCUT2D eigenvalue weighted by Crippen LogP contribution is -2.43. The van der Waals surface area contributed by atoms with E-state index in [4.69, 9.17) is 16.6 Å². The molecule has 4 rings (SSSR count). The van der Waals surface area contributed by atoms with Gasteiger partial charge in [0.15, 0.2) is 0 Å². The van der Waals surface area contributed by atoms with Gasteiger partial charge < -0.3 is 9.72 Å². The van der Waals surface area contributed by atoms with Crippen LogP contribution in [-0.2, 0) is 6.54 Å². The molecule has 1 aliphatic rings. The zero-order valence-corrected chi connectivity index (χ0v) is 15.5. The van der Waals surface area contributed by atoms with E-state index in [1.165, 1.54) is 5.69 Å². The molecule has 1 aromatic carbocycles. The number of rotatable bonds is 3. The van der Waals surface area contributed by atoms with Crippen LogP contribution in [0.1, 0.15) is 5.69 Å². The van der Waals surface area contributed by atoms with Gasteiger partial charge >= 0.3 is 0 Å². The van der Waals surface area contributed by atoms with Crippen LogP contribution in [0.4, 0.5) is 0 Å². The molecule has 124 valence electrons. The predicted octanol–water partition coefficient (Wildman–Crippen LogP) is 3.82. The molecule has 6 heteroatoms. The molecule has 2 aromatic heterocycles. The van der Waals surface area contributed by atoms with Crippen molar-refractivity contribution >= 4 is 33.2 Å². The van der Waals surface area contributed by atoms with Crippen LogP contribution in [0.15, 0.2) is 47.1 Å². The highest BCUT2D eigenvalue weighted by molar-refractivity contribution is 9.10. The molecule has 4 nitrogen and oxygen atoms in total. The molecule has 0 spiro atoms. The van der Waals surface area contributed by atoms with Crippen molar-refractivity contribution in [1.29, 1.82) is 0 Å². The lowest BCUT2D eigenvalue weighted by atomic mass is 10.1. The minimum absolute atomic E-state index is 0.744. The molecule has 0 saturated carbocycles. The molecule has 0 amide bonds. The summed E-state index contributed by atoms with van der Waals surface area (Å²) in [5, 5.41) is 4.15. The summed E-state index contributed by atoms with van der Waals surface area (Å²) < 4.78 is 3.24. The first kappa shape index (κ1) is 16.1. The minimum Gasteiger partial charge on any atom is -0.314 e. The number of nitrogens with one attached hydrogen (secondary N) is 1. The summed E-state index contributed by atoms with van der Waals surface area (Å²) in [6.45, 7) is 5.08. The summed E-state index contributed by atoms with van der Waals surface area (Å²) in [4.78, 5) is 7.35. The second-order valence-corrected chi connectivity index (χ2v) is 7.37. The third-order valence-corrected chi connectivity index (χ3v) is 5.10. The van der Waals surface area contributed by atoms with E-state index < -0.39 is 0 Å². The summed E-state index contributed by atoms with van der Waals surface area (Å²) in [7, 11) is 0. The molecule has 1 N–H and O–H groups in total. The maximum absolute atomic E-state index is 6.05. The third-order valence-electron chi connectivity index (χ3n) is 4.38. The van der Waals surface area contributed by atoms with Crippen LogP contribution >= 0.6 is 27.5 Å². The van der Waals surface area contributed by atoms with Gasteiger partial charge in [0.2, 0.25) is 0 Å². The molecule has 0 radical (unpaired) electrons. The van der Waals surface area contributed by atoms with Crippen molar-refractivity contribution in [3.05, 3.63) is 57.8 Å². The number of hydrogen-bond donors (Lipinski definition) is 1. The Labute approximate surface area is 154 Å². The second-order valence-electron chi connectivity index (χ2n) is 6.02. The number of nitrogens with zero attached hydrogens (tertiary/aromatic N) is 3. The average Bonchev–Trinajstić information content (AvgIpc) is 2.94. The Morgan fingerprint density at radius 2 is 1.83 bits per heavy atom. The molecule has 1 saturated heterocycles. The van der Waals surface area contributed by atoms with E-state index in [0.717, 1.165) is 59.1 Å². The van der Waals surface area contributed by atoms with Crippen LogP contribution in [0.2, 0.25) is 5.02 Å². The summed E-state index contributed by atoms with van der Waals surface area (Å²) >= 11 is 9.62. The van der Waals surface area contributed by atoms with Gasteiger partial charge in [-0.15, -0.1) is 0 Å². The Bertz CT molecular complexity index is 853. The maximum atomic E-state index is 6.05. The minimum atomic E-state index is 0.744. The smallest absolute Gasteiger partial charge is 0.137 e. The van der Waals surface area contributed by atoms with Gasteiger partial charge in [0, 0.05) is 54.0 Å². The fourth-order valence-electron chi connectivity index (χ4n) is 3.14. The Balaban J connectivity index is 1.81. The number of hydrogen-bond acceptors (Lipinski definition) is 3. The van der Waals surface area contributed by atoms with Gasteiger partial charge in [-0.2, -0.15) is 0 Å². The van der Waals surface area contributed by atoms with Gasteiger partial charge in [0.05, 0.1) is 11.4 Å². The van der Waals surface area contributed by atoms with Crippen molar-refractivity contribution in [2.45, 2.75) is 6.54 Å². The van der Waals surface area contributed by atoms with Gasteiger partial charge in [-0.05, 0) is 40.2 Å². The number of halogens is 2.